The van der Waals surface area contributed by atoms with Crippen molar-refractivity contribution in [2.45, 2.75) is 46.5 Å². The third-order valence-corrected chi connectivity index (χ3v) is 4.22. The van der Waals surface area contributed by atoms with E-state index < -0.39 is 0 Å². The first-order valence-electron chi connectivity index (χ1n) is 7.08. The molecule has 1 aromatic carbocycles. The van der Waals surface area contributed by atoms with Crippen LogP contribution in [0.1, 0.15) is 44.2 Å². The second-order valence-electron chi connectivity index (χ2n) is 5.85. The number of anilines is 1. The van der Waals surface area contributed by atoms with Crippen molar-refractivity contribution in [1.82, 2.24) is 0 Å². The van der Waals surface area contributed by atoms with Gasteiger partial charge in [0.05, 0.1) is 15.7 Å². The lowest BCUT2D eigenvalue weighted by atomic mass is 9.97. The zero-order valence-corrected chi connectivity index (χ0v) is 13.6. The molecule has 1 saturated heterocycles. The molecule has 3 heteroatoms. The van der Waals surface area contributed by atoms with Crippen LogP contribution in [0.2, 0.25) is 5.02 Å². The largest absolute Gasteiger partial charge is 0.335 e. The van der Waals surface area contributed by atoms with E-state index in [0.717, 1.165) is 35.1 Å². The van der Waals surface area contributed by atoms with Crippen molar-refractivity contribution in [2.75, 3.05) is 11.4 Å². The van der Waals surface area contributed by atoms with Gasteiger partial charge in [0.25, 0.3) is 0 Å². The van der Waals surface area contributed by atoms with Gasteiger partial charge in [-0.05, 0) is 55.7 Å². The van der Waals surface area contributed by atoms with E-state index in [-0.39, 0.29) is 0 Å². The van der Waals surface area contributed by atoms with E-state index >= 15 is 0 Å². The molecule has 0 atom stereocenters. The van der Waals surface area contributed by atoms with Crippen LogP contribution in [0, 0.1) is 12.8 Å². The summed E-state index contributed by atoms with van der Waals surface area (Å²) >= 11 is 12.1. The van der Waals surface area contributed by atoms with Crippen molar-refractivity contribution in [3.8, 4) is 0 Å². The fourth-order valence-electron chi connectivity index (χ4n) is 2.75. The van der Waals surface area contributed by atoms with E-state index in [1.54, 1.807) is 0 Å². The third-order valence-electron chi connectivity index (χ3n) is 3.51. The van der Waals surface area contributed by atoms with Gasteiger partial charge in [-0.25, -0.2) is 0 Å². The zero-order valence-electron chi connectivity index (χ0n) is 12.0. The monoisotopic (exact) mass is 295 g/mol. The number of aryl methyl sites for hydroxylation is 1. The van der Waals surface area contributed by atoms with Crippen LogP contribution in [-0.2, 0) is 6.42 Å². The first-order chi connectivity index (χ1) is 8.99. The summed E-state index contributed by atoms with van der Waals surface area (Å²) in [5.74, 6) is 0.620. The maximum atomic E-state index is 6.52. The lowest BCUT2D eigenvalue weighted by Gasteiger charge is -2.32. The van der Waals surface area contributed by atoms with E-state index in [9.17, 15) is 0 Å². The van der Waals surface area contributed by atoms with Gasteiger partial charge >= 0.3 is 0 Å². The van der Waals surface area contributed by atoms with Gasteiger partial charge in [-0.3, -0.25) is 0 Å². The average Bonchev–Trinajstić information content (AvgIpc) is 2.29. The van der Waals surface area contributed by atoms with Gasteiger partial charge in [-0.15, -0.1) is 0 Å². The standard InChI is InChI=1S/C16H22ClNS/c1-11(2)8-13-9-12(3)10-14(17)16(13)18-7-5-4-6-15(18)19/h9-11H,4-8H2,1-3H3. The molecular weight excluding hydrogens is 274 g/mol. The summed E-state index contributed by atoms with van der Waals surface area (Å²) in [4.78, 5) is 3.31. The van der Waals surface area contributed by atoms with Crippen molar-refractivity contribution in [1.29, 1.82) is 0 Å². The van der Waals surface area contributed by atoms with Gasteiger partial charge in [0.2, 0.25) is 0 Å². The van der Waals surface area contributed by atoms with Crippen molar-refractivity contribution in [2.24, 2.45) is 5.92 Å². The smallest absolute Gasteiger partial charge is 0.0824 e. The summed E-state index contributed by atoms with van der Waals surface area (Å²) in [6, 6.07) is 4.32. The Kier molecular flexibility index (Phi) is 4.86. The molecule has 2 rings (SSSR count). The fourth-order valence-corrected chi connectivity index (χ4v) is 3.47. The number of halogens is 1. The first-order valence-corrected chi connectivity index (χ1v) is 7.87. The molecule has 104 valence electrons. The number of thiocarbonyl (C=S) groups is 1. The Balaban J connectivity index is 2.44. The second-order valence-corrected chi connectivity index (χ2v) is 6.73. The topological polar surface area (TPSA) is 3.24 Å². The highest BCUT2D eigenvalue weighted by Gasteiger charge is 2.22. The summed E-state index contributed by atoms with van der Waals surface area (Å²) in [5, 5.41) is 0.847. The van der Waals surface area contributed by atoms with Crippen LogP contribution in [0.25, 0.3) is 0 Å². The van der Waals surface area contributed by atoms with Crippen LogP contribution in [0.4, 0.5) is 5.69 Å². The number of hydrogen-bond donors (Lipinski definition) is 0. The van der Waals surface area contributed by atoms with Gasteiger partial charge in [0.15, 0.2) is 0 Å². The molecule has 1 aliphatic heterocycles. The maximum Gasteiger partial charge on any atom is 0.0824 e. The second kappa shape index (κ2) is 6.23. The molecule has 0 aliphatic carbocycles. The lowest BCUT2D eigenvalue weighted by molar-refractivity contribution is 0.644. The molecule has 1 aliphatic rings. The summed E-state index contributed by atoms with van der Waals surface area (Å²) < 4.78 is 0. The Bertz CT molecular complexity index is 482. The predicted octanol–water partition coefficient (Wildman–Crippen LogP) is 5.16. The Hall–Kier alpha value is -0.600. The molecule has 0 radical (unpaired) electrons. The van der Waals surface area contributed by atoms with E-state index in [2.05, 4.69) is 37.8 Å². The Morgan fingerprint density at radius 1 is 1.32 bits per heavy atom. The number of nitrogens with zero attached hydrogens (tertiary/aromatic N) is 1. The molecule has 0 saturated carbocycles. The normalized spacial score (nSPS) is 16.3. The van der Waals surface area contributed by atoms with Gasteiger partial charge in [0, 0.05) is 6.54 Å². The number of rotatable bonds is 3. The Morgan fingerprint density at radius 2 is 2.05 bits per heavy atom. The van der Waals surface area contributed by atoms with Gasteiger partial charge < -0.3 is 4.90 Å². The van der Waals surface area contributed by atoms with Crippen LogP contribution in [0.5, 0.6) is 0 Å². The minimum Gasteiger partial charge on any atom is -0.335 e. The molecule has 0 aromatic heterocycles. The van der Waals surface area contributed by atoms with Gasteiger partial charge in [0.1, 0.15) is 0 Å². The van der Waals surface area contributed by atoms with Crippen LogP contribution < -0.4 is 4.90 Å². The lowest BCUT2D eigenvalue weighted by Crippen LogP contribution is -2.35. The van der Waals surface area contributed by atoms with E-state index in [4.69, 9.17) is 23.8 Å². The fraction of sp³-hybridized carbons (Fsp3) is 0.562. The molecule has 0 spiro atoms. The highest BCUT2D eigenvalue weighted by molar-refractivity contribution is 7.80. The highest BCUT2D eigenvalue weighted by Crippen LogP contribution is 2.35. The van der Waals surface area contributed by atoms with Crippen molar-refractivity contribution >= 4 is 34.5 Å². The van der Waals surface area contributed by atoms with E-state index in [1.165, 1.54) is 24.0 Å². The Morgan fingerprint density at radius 3 is 2.68 bits per heavy atom. The Labute approximate surface area is 126 Å². The number of hydrogen-bond acceptors (Lipinski definition) is 1. The van der Waals surface area contributed by atoms with Crippen molar-refractivity contribution < 1.29 is 0 Å². The molecule has 1 aromatic rings. The van der Waals surface area contributed by atoms with Crippen LogP contribution in [0.3, 0.4) is 0 Å². The molecule has 0 unspecified atom stereocenters. The summed E-state index contributed by atoms with van der Waals surface area (Å²) in [6.45, 7) is 7.60. The average molecular weight is 296 g/mol. The molecule has 1 heterocycles. The predicted molar refractivity (Wildman–Crippen MR) is 88.5 cm³/mol. The third kappa shape index (κ3) is 3.49. The van der Waals surface area contributed by atoms with E-state index in [0.29, 0.717) is 5.92 Å². The quantitative estimate of drug-likeness (QED) is 0.708. The summed E-state index contributed by atoms with van der Waals surface area (Å²) in [5.41, 5.74) is 3.72. The molecule has 1 nitrogen and oxygen atoms in total. The minimum atomic E-state index is 0.620. The molecule has 1 fully saturated rings. The number of benzene rings is 1. The molecule has 19 heavy (non-hydrogen) atoms. The number of piperidine rings is 1. The van der Waals surface area contributed by atoms with Crippen LogP contribution >= 0.6 is 23.8 Å². The molecular formula is C16H22ClNS. The van der Waals surface area contributed by atoms with Crippen molar-refractivity contribution in [3.05, 3.63) is 28.3 Å². The summed E-state index contributed by atoms with van der Waals surface area (Å²) in [7, 11) is 0. The van der Waals surface area contributed by atoms with Crippen LogP contribution in [0.15, 0.2) is 12.1 Å². The van der Waals surface area contributed by atoms with E-state index in [1.807, 2.05) is 0 Å². The first kappa shape index (κ1) is 14.8. The SMILES string of the molecule is Cc1cc(Cl)c(N2CCCCC2=S)c(CC(C)C)c1. The molecule has 0 bridgehead atoms. The highest BCUT2D eigenvalue weighted by atomic mass is 35.5. The van der Waals surface area contributed by atoms with Crippen LogP contribution in [-0.4, -0.2) is 11.5 Å². The van der Waals surface area contributed by atoms with Crippen molar-refractivity contribution in [3.63, 3.8) is 0 Å². The molecule has 0 amide bonds. The minimum absolute atomic E-state index is 0.620. The van der Waals surface area contributed by atoms with Gasteiger partial charge in [-0.1, -0.05) is 43.7 Å². The zero-order chi connectivity index (χ0) is 14.0. The maximum absolute atomic E-state index is 6.52. The summed E-state index contributed by atoms with van der Waals surface area (Å²) in [6.07, 6.45) is 4.47. The van der Waals surface area contributed by atoms with Gasteiger partial charge in [-0.2, -0.15) is 0 Å². The molecule has 0 N–H and O–H groups in total.